The molecule has 0 bridgehead atoms. The summed E-state index contributed by atoms with van der Waals surface area (Å²) >= 11 is 0. The Morgan fingerprint density at radius 1 is 0.950 bits per heavy atom. The molecular formula is C18H25NO. The minimum absolute atomic E-state index is 0.154. The van der Waals surface area contributed by atoms with Crippen molar-refractivity contribution in [2.75, 3.05) is 6.54 Å². The van der Waals surface area contributed by atoms with E-state index in [0.717, 1.165) is 37.3 Å². The van der Waals surface area contributed by atoms with Crippen LogP contribution in [0.1, 0.15) is 55.9 Å². The first-order valence-electron chi connectivity index (χ1n) is 7.69. The van der Waals surface area contributed by atoms with E-state index in [9.17, 15) is 0 Å². The van der Waals surface area contributed by atoms with Gasteiger partial charge in [0.05, 0.1) is 6.04 Å². The average molecular weight is 271 g/mol. The molecule has 0 saturated heterocycles. The Morgan fingerprint density at radius 3 is 2.25 bits per heavy atom. The number of hydrogen-bond donors (Lipinski definition) is 1. The maximum Gasteiger partial charge on any atom is 0.125 e. The van der Waals surface area contributed by atoms with Gasteiger partial charge in [-0.2, -0.15) is 0 Å². The van der Waals surface area contributed by atoms with Crippen molar-refractivity contribution in [2.24, 2.45) is 0 Å². The molecule has 1 aromatic carbocycles. The standard InChI is InChI=1S/C18H25NO/c1-4-13-19-18(17-12-11-16(6-3)20-17)15-9-7-14(5-2)8-10-15/h7-12,18-19H,4-6,13H2,1-3H3. The molecule has 0 amide bonds. The second kappa shape index (κ2) is 7.30. The zero-order chi connectivity index (χ0) is 14.4. The molecule has 0 aliphatic carbocycles. The van der Waals surface area contributed by atoms with Gasteiger partial charge in [0, 0.05) is 6.42 Å². The van der Waals surface area contributed by atoms with Gasteiger partial charge < -0.3 is 9.73 Å². The molecule has 2 rings (SSSR count). The van der Waals surface area contributed by atoms with Gasteiger partial charge in [-0.1, -0.05) is 45.0 Å². The molecule has 1 N–H and O–H groups in total. The van der Waals surface area contributed by atoms with Gasteiger partial charge in [-0.05, 0) is 42.6 Å². The highest BCUT2D eigenvalue weighted by Crippen LogP contribution is 2.25. The van der Waals surface area contributed by atoms with E-state index >= 15 is 0 Å². The van der Waals surface area contributed by atoms with Crippen LogP contribution in [0.3, 0.4) is 0 Å². The van der Waals surface area contributed by atoms with Gasteiger partial charge in [0.2, 0.25) is 0 Å². The van der Waals surface area contributed by atoms with Crippen LogP contribution in [0.4, 0.5) is 0 Å². The van der Waals surface area contributed by atoms with Gasteiger partial charge in [-0.3, -0.25) is 0 Å². The summed E-state index contributed by atoms with van der Waals surface area (Å²) in [5.74, 6) is 2.06. The largest absolute Gasteiger partial charge is 0.464 e. The molecule has 0 fully saturated rings. The van der Waals surface area contributed by atoms with Crippen LogP contribution in [0.15, 0.2) is 40.8 Å². The first-order valence-corrected chi connectivity index (χ1v) is 7.69. The van der Waals surface area contributed by atoms with Gasteiger partial charge in [0.1, 0.15) is 11.5 Å². The third-order valence-corrected chi connectivity index (χ3v) is 3.64. The Bertz CT molecular complexity index is 512. The van der Waals surface area contributed by atoms with Crippen molar-refractivity contribution >= 4 is 0 Å². The SMILES string of the molecule is CCCNC(c1ccc(CC)cc1)c1ccc(CC)o1. The Balaban J connectivity index is 2.25. The zero-order valence-electron chi connectivity index (χ0n) is 12.8. The Hall–Kier alpha value is -1.54. The van der Waals surface area contributed by atoms with E-state index in [4.69, 9.17) is 4.42 Å². The van der Waals surface area contributed by atoms with E-state index in [1.807, 2.05) is 0 Å². The fourth-order valence-electron chi connectivity index (χ4n) is 2.36. The molecule has 0 radical (unpaired) electrons. The monoisotopic (exact) mass is 271 g/mol. The van der Waals surface area contributed by atoms with Gasteiger partial charge in [-0.25, -0.2) is 0 Å². The predicted octanol–water partition coefficient (Wildman–Crippen LogP) is 4.49. The lowest BCUT2D eigenvalue weighted by Gasteiger charge is -2.17. The number of furan rings is 1. The van der Waals surface area contributed by atoms with E-state index in [1.165, 1.54) is 11.1 Å². The number of nitrogens with one attached hydrogen (secondary N) is 1. The molecule has 1 aromatic heterocycles. The molecule has 0 aliphatic heterocycles. The molecule has 20 heavy (non-hydrogen) atoms. The molecule has 2 aromatic rings. The summed E-state index contributed by atoms with van der Waals surface area (Å²) in [6.07, 6.45) is 3.13. The lowest BCUT2D eigenvalue weighted by Crippen LogP contribution is -2.22. The lowest BCUT2D eigenvalue weighted by molar-refractivity contribution is 0.422. The predicted molar refractivity (Wildman–Crippen MR) is 84.0 cm³/mol. The van der Waals surface area contributed by atoms with Crippen LogP contribution in [0.2, 0.25) is 0 Å². The number of rotatable bonds is 7. The van der Waals surface area contributed by atoms with Crippen molar-refractivity contribution < 1.29 is 4.42 Å². The van der Waals surface area contributed by atoms with Crippen LogP contribution in [-0.2, 0) is 12.8 Å². The highest BCUT2D eigenvalue weighted by molar-refractivity contribution is 5.30. The summed E-state index contributed by atoms with van der Waals surface area (Å²) in [4.78, 5) is 0. The van der Waals surface area contributed by atoms with Gasteiger partial charge in [0.15, 0.2) is 0 Å². The highest BCUT2D eigenvalue weighted by Gasteiger charge is 2.16. The minimum atomic E-state index is 0.154. The lowest BCUT2D eigenvalue weighted by atomic mass is 10.0. The third-order valence-electron chi connectivity index (χ3n) is 3.64. The number of aryl methyl sites for hydroxylation is 2. The normalized spacial score (nSPS) is 12.6. The molecule has 1 heterocycles. The maximum atomic E-state index is 5.94. The maximum absolute atomic E-state index is 5.94. The molecule has 2 heteroatoms. The van der Waals surface area contributed by atoms with Crippen molar-refractivity contribution in [2.45, 2.75) is 46.1 Å². The van der Waals surface area contributed by atoms with Crippen LogP contribution in [-0.4, -0.2) is 6.54 Å². The number of hydrogen-bond acceptors (Lipinski definition) is 2. The van der Waals surface area contributed by atoms with Gasteiger partial charge in [0.25, 0.3) is 0 Å². The summed E-state index contributed by atoms with van der Waals surface area (Å²) in [6, 6.07) is 13.2. The average Bonchev–Trinajstić information content (AvgIpc) is 2.97. The van der Waals surface area contributed by atoms with Crippen molar-refractivity contribution in [1.82, 2.24) is 5.32 Å². The molecule has 0 aliphatic rings. The molecule has 1 atom stereocenters. The Labute approximate surface area is 122 Å². The minimum Gasteiger partial charge on any atom is -0.464 e. The first-order chi connectivity index (χ1) is 9.78. The third kappa shape index (κ3) is 3.51. The molecule has 0 spiro atoms. The summed E-state index contributed by atoms with van der Waals surface area (Å²) in [7, 11) is 0. The second-order valence-corrected chi connectivity index (χ2v) is 5.14. The molecular weight excluding hydrogens is 246 g/mol. The Kier molecular flexibility index (Phi) is 5.42. The highest BCUT2D eigenvalue weighted by atomic mass is 16.3. The summed E-state index contributed by atoms with van der Waals surface area (Å²) in [6.45, 7) is 7.47. The Morgan fingerprint density at radius 2 is 1.70 bits per heavy atom. The van der Waals surface area contributed by atoms with Gasteiger partial charge in [-0.15, -0.1) is 0 Å². The summed E-state index contributed by atoms with van der Waals surface area (Å²) < 4.78 is 5.94. The van der Waals surface area contributed by atoms with Crippen molar-refractivity contribution in [3.05, 3.63) is 59.0 Å². The molecule has 1 unspecified atom stereocenters. The van der Waals surface area contributed by atoms with E-state index < -0.39 is 0 Å². The molecule has 0 saturated carbocycles. The number of benzene rings is 1. The van der Waals surface area contributed by atoms with Crippen LogP contribution in [0, 0.1) is 0 Å². The van der Waals surface area contributed by atoms with Crippen LogP contribution in [0.25, 0.3) is 0 Å². The smallest absolute Gasteiger partial charge is 0.125 e. The van der Waals surface area contributed by atoms with E-state index in [0.29, 0.717) is 0 Å². The van der Waals surface area contributed by atoms with Gasteiger partial charge >= 0.3 is 0 Å². The zero-order valence-corrected chi connectivity index (χ0v) is 12.8. The van der Waals surface area contributed by atoms with Crippen molar-refractivity contribution in [3.63, 3.8) is 0 Å². The van der Waals surface area contributed by atoms with Crippen molar-refractivity contribution in [3.8, 4) is 0 Å². The fraction of sp³-hybridized carbons (Fsp3) is 0.444. The van der Waals surface area contributed by atoms with E-state index in [2.05, 4.69) is 62.5 Å². The fourth-order valence-corrected chi connectivity index (χ4v) is 2.36. The molecule has 2 nitrogen and oxygen atoms in total. The van der Waals surface area contributed by atoms with Crippen LogP contribution < -0.4 is 5.32 Å². The second-order valence-electron chi connectivity index (χ2n) is 5.14. The quantitative estimate of drug-likeness (QED) is 0.802. The van der Waals surface area contributed by atoms with Crippen molar-refractivity contribution in [1.29, 1.82) is 0 Å². The van der Waals surface area contributed by atoms with E-state index in [1.54, 1.807) is 0 Å². The van der Waals surface area contributed by atoms with Crippen LogP contribution >= 0.6 is 0 Å². The molecule has 108 valence electrons. The van der Waals surface area contributed by atoms with Crippen LogP contribution in [0.5, 0.6) is 0 Å². The van der Waals surface area contributed by atoms with E-state index in [-0.39, 0.29) is 6.04 Å². The topological polar surface area (TPSA) is 25.2 Å². The summed E-state index contributed by atoms with van der Waals surface area (Å²) in [5.41, 5.74) is 2.64. The summed E-state index contributed by atoms with van der Waals surface area (Å²) in [5, 5.41) is 3.58. The first kappa shape index (κ1) is 14.9.